The molecule has 8 nitrogen and oxygen atoms in total. The van der Waals surface area contributed by atoms with Crippen molar-refractivity contribution in [2.45, 2.75) is 25.9 Å². The second kappa shape index (κ2) is 8.23. The van der Waals surface area contributed by atoms with Crippen LogP contribution in [0.25, 0.3) is 5.69 Å². The molecule has 4 rings (SSSR count). The predicted octanol–water partition coefficient (Wildman–Crippen LogP) is 1.97. The zero-order valence-electron chi connectivity index (χ0n) is 17.3. The van der Waals surface area contributed by atoms with E-state index < -0.39 is 0 Å². The fourth-order valence-corrected chi connectivity index (χ4v) is 3.71. The lowest BCUT2D eigenvalue weighted by Gasteiger charge is -2.37. The molecule has 1 aromatic heterocycles. The third-order valence-electron chi connectivity index (χ3n) is 5.83. The molecule has 8 heteroatoms. The van der Waals surface area contributed by atoms with Crippen LogP contribution in [0.3, 0.4) is 0 Å². The summed E-state index contributed by atoms with van der Waals surface area (Å²) in [7, 11) is 0. The van der Waals surface area contributed by atoms with Crippen molar-refractivity contribution >= 4 is 11.4 Å². The number of hydrogen-bond donors (Lipinski definition) is 2. The smallest absolute Gasteiger partial charge is 0.350 e. The fourth-order valence-electron chi connectivity index (χ4n) is 3.71. The Balaban J connectivity index is 1.44. The molecule has 2 heterocycles. The van der Waals surface area contributed by atoms with Gasteiger partial charge in [-0.15, -0.1) is 0 Å². The topological polar surface area (TPSA) is 92.6 Å². The van der Waals surface area contributed by atoms with Gasteiger partial charge in [0.15, 0.2) is 0 Å². The first-order valence-electron chi connectivity index (χ1n) is 10.2. The molecule has 158 valence electrons. The molecule has 30 heavy (non-hydrogen) atoms. The molecule has 2 aromatic carbocycles. The van der Waals surface area contributed by atoms with Crippen molar-refractivity contribution in [1.82, 2.24) is 14.3 Å². The van der Waals surface area contributed by atoms with E-state index in [1.807, 2.05) is 50.2 Å². The Morgan fingerprint density at radius 2 is 1.33 bits per heavy atom. The van der Waals surface area contributed by atoms with E-state index in [2.05, 4.69) is 14.9 Å². The average Bonchev–Trinajstić information content (AvgIpc) is 3.15. The number of rotatable bonds is 5. The van der Waals surface area contributed by atoms with Crippen LogP contribution in [0.2, 0.25) is 0 Å². The van der Waals surface area contributed by atoms with E-state index in [-0.39, 0.29) is 23.5 Å². The average molecular weight is 409 g/mol. The highest BCUT2D eigenvalue weighted by Gasteiger charge is 2.19. The lowest BCUT2D eigenvalue weighted by Crippen LogP contribution is -2.46. The van der Waals surface area contributed by atoms with E-state index in [9.17, 15) is 9.90 Å². The van der Waals surface area contributed by atoms with Crippen molar-refractivity contribution in [3.63, 3.8) is 0 Å². The number of aromatic nitrogens is 3. The number of anilines is 2. The van der Waals surface area contributed by atoms with E-state index in [0.717, 1.165) is 43.2 Å². The van der Waals surface area contributed by atoms with Gasteiger partial charge in [0.1, 0.15) is 12.1 Å². The van der Waals surface area contributed by atoms with E-state index in [0.29, 0.717) is 0 Å². The summed E-state index contributed by atoms with van der Waals surface area (Å²) in [5, 5.41) is 13.7. The Morgan fingerprint density at radius 1 is 0.867 bits per heavy atom. The molecular weight excluding hydrogens is 380 g/mol. The zero-order valence-corrected chi connectivity index (χ0v) is 17.3. The van der Waals surface area contributed by atoms with Crippen LogP contribution in [0.4, 0.5) is 11.4 Å². The molecule has 0 aliphatic carbocycles. The molecule has 2 atom stereocenters. The maximum atomic E-state index is 12.7. The maximum absolute atomic E-state index is 12.7. The van der Waals surface area contributed by atoms with Crippen LogP contribution >= 0.6 is 0 Å². The normalized spacial score (nSPS) is 16.5. The lowest BCUT2D eigenvalue weighted by atomic mass is 10.2. The Labute approximate surface area is 175 Å². The van der Waals surface area contributed by atoms with E-state index in [1.54, 1.807) is 23.0 Å². The van der Waals surface area contributed by atoms with Crippen molar-refractivity contribution in [3.8, 4) is 11.4 Å². The second-order valence-corrected chi connectivity index (χ2v) is 7.83. The first-order chi connectivity index (χ1) is 14.4. The summed E-state index contributed by atoms with van der Waals surface area (Å²) in [5.74, 6) is 0.286. The maximum Gasteiger partial charge on any atom is 0.350 e. The number of hydrogen-bond acceptors (Lipinski definition) is 6. The number of phenolic OH excluding ortho intramolecular Hbond substituents is 1. The van der Waals surface area contributed by atoms with E-state index in [4.69, 9.17) is 5.73 Å². The number of phenols is 1. The molecule has 1 aliphatic heterocycles. The molecule has 0 bridgehead atoms. The summed E-state index contributed by atoms with van der Waals surface area (Å²) in [6.45, 7) is 7.40. The molecule has 1 aliphatic rings. The zero-order chi connectivity index (χ0) is 21.3. The van der Waals surface area contributed by atoms with Gasteiger partial charge in [0.25, 0.3) is 0 Å². The van der Waals surface area contributed by atoms with Gasteiger partial charge in [-0.2, -0.15) is 5.10 Å². The summed E-state index contributed by atoms with van der Waals surface area (Å²) in [6.07, 6.45) is 1.55. The first kappa shape index (κ1) is 20.0. The molecule has 1 fully saturated rings. The Hall–Kier alpha value is -3.26. The molecule has 0 amide bonds. The minimum absolute atomic E-state index is 0.159. The molecule has 2 unspecified atom stereocenters. The summed E-state index contributed by atoms with van der Waals surface area (Å²) in [4.78, 5) is 17.3. The number of nitrogens with two attached hydrogens (primary N) is 1. The quantitative estimate of drug-likeness (QED) is 0.671. The third kappa shape index (κ3) is 3.91. The van der Waals surface area contributed by atoms with E-state index in [1.165, 1.54) is 4.68 Å². The highest BCUT2D eigenvalue weighted by Crippen LogP contribution is 2.23. The van der Waals surface area contributed by atoms with Gasteiger partial charge in [-0.1, -0.05) is 0 Å². The third-order valence-corrected chi connectivity index (χ3v) is 5.83. The highest BCUT2D eigenvalue weighted by atomic mass is 16.3. The summed E-state index contributed by atoms with van der Waals surface area (Å²) >= 11 is 0. The Kier molecular flexibility index (Phi) is 5.50. The number of nitrogens with zero attached hydrogens (tertiary/aromatic N) is 5. The van der Waals surface area contributed by atoms with Gasteiger partial charge >= 0.3 is 5.69 Å². The van der Waals surface area contributed by atoms with Gasteiger partial charge in [-0.25, -0.2) is 14.0 Å². The molecule has 3 aromatic rings. The minimum Gasteiger partial charge on any atom is -0.508 e. The largest absolute Gasteiger partial charge is 0.508 e. The molecule has 0 saturated carbocycles. The van der Waals surface area contributed by atoms with E-state index >= 15 is 0 Å². The van der Waals surface area contributed by atoms with Gasteiger partial charge in [0.2, 0.25) is 0 Å². The van der Waals surface area contributed by atoms with Crippen LogP contribution in [0.5, 0.6) is 5.75 Å². The number of piperazine rings is 1. The summed E-state index contributed by atoms with van der Waals surface area (Å²) in [5.41, 5.74) is 8.77. The van der Waals surface area contributed by atoms with Gasteiger partial charge in [-0.3, -0.25) is 0 Å². The molecule has 0 spiro atoms. The molecule has 0 radical (unpaired) electrons. The lowest BCUT2D eigenvalue weighted by molar-refractivity contribution is 0.412. The predicted molar refractivity (Wildman–Crippen MR) is 119 cm³/mol. The van der Waals surface area contributed by atoms with Crippen LogP contribution in [-0.2, 0) is 0 Å². The number of benzene rings is 2. The summed E-state index contributed by atoms with van der Waals surface area (Å²) in [6, 6.07) is 15.0. The number of aromatic hydroxyl groups is 1. The van der Waals surface area contributed by atoms with Gasteiger partial charge in [0, 0.05) is 43.6 Å². The van der Waals surface area contributed by atoms with Crippen LogP contribution in [0.15, 0.2) is 59.7 Å². The fraction of sp³-hybridized carbons (Fsp3) is 0.364. The Morgan fingerprint density at radius 3 is 1.83 bits per heavy atom. The van der Waals surface area contributed by atoms with Crippen LogP contribution < -0.4 is 21.2 Å². The Bertz CT molecular complexity index is 1030. The second-order valence-electron chi connectivity index (χ2n) is 7.83. The van der Waals surface area contributed by atoms with Crippen LogP contribution in [0.1, 0.15) is 19.9 Å². The van der Waals surface area contributed by atoms with Gasteiger partial charge < -0.3 is 20.6 Å². The van der Waals surface area contributed by atoms with Gasteiger partial charge in [-0.05, 0) is 62.4 Å². The molecular formula is C22H28N6O2. The van der Waals surface area contributed by atoms with Crippen molar-refractivity contribution in [1.29, 1.82) is 0 Å². The van der Waals surface area contributed by atoms with Crippen molar-refractivity contribution < 1.29 is 5.11 Å². The van der Waals surface area contributed by atoms with Crippen molar-refractivity contribution in [2.75, 3.05) is 36.0 Å². The van der Waals surface area contributed by atoms with Crippen molar-refractivity contribution in [2.24, 2.45) is 5.73 Å². The SMILES string of the molecule is CC(N)C(C)n1ncn(-c2ccc(N3CCN(c4ccc(O)cc4)CC3)cc2)c1=O. The van der Waals surface area contributed by atoms with Crippen LogP contribution in [0, 0.1) is 0 Å². The summed E-state index contributed by atoms with van der Waals surface area (Å²) < 4.78 is 2.98. The minimum atomic E-state index is -0.185. The van der Waals surface area contributed by atoms with Gasteiger partial charge in [0.05, 0.1) is 11.7 Å². The first-order valence-corrected chi connectivity index (χ1v) is 10.2. The standard InChI is InChI=1S/C22H28N6O2/c1-16(23)17(2)28-22(30)27(15-24-28)20-5-3-18(4-6-20)25-11-13-26(14-12-25)19-7-9-21(29)10-8-19/h3-10,15-17,29H,11-14,23H2,1-2H3. The van der Waals surface area contributed by atoms with Crippen molar-refractivity contribution in [3.05, 3.63) is 65.3 Å². The van der Waals surface area contributed by atoms with Crippen LogP contribution in [-0.4, -0.2) is 51.7 Å². The monoisotopic (exact) mass is 408 g/mol. The molecule has 1 saturated heterocycles. The molecule has 3 N–H and O–H groups in total. The highest BCUT2D eigenvalue weighted by molar-refractivity contribution is 5.54.